The monoisotopic (exact) mass is 586 g/mol. The molecule has 4 heteroatoms. The van der Waals surface area contributed by atoms with Crippen molar-refractivity contribution in [1.82, 2.24) is 0 Å². The minimum Gasteiger partial charge on any atom is -0.415 e. The zero-order valence-electron chi connectivity index (χ0n) is 24.7. The molecule has 0 N–H and O–H groups in total. The fourth-order valence-electron chi connectivity index (χ4n) is 4.24. The number of hydrogen-bond acceptors (Lipinski definition) is 2. The van der Waals surface area contributed by atoms with E-state index in [1.54, 1.807) is 0 Å². The van der Waals surface area contributed by atoms with Crippen LogP contribution in [0.5, 0.6) is 0 Å². The molecule has 0 amide bonds. The van der Waals surface area contributed by atoms with Crippen LogP contribution < -0.4 is 10.4 Å². The van der Waals surface area contributed by atoms with Crippen LogP contribution in [0.3, 0.4) is 0 Å². The summed E-state index contributed by atoms with van der Waals surface area (Å²) in [6, 6.07) is 24.9. The lowest BCUT2D eigenvalue weighted by atomic mass is 10.1. The Morgan fingerprint density at radius 2 is 0.810 bits per heavy atom. The maximum Gasteiger partial charge on any atom is 0.192 e. The van der Waals surface area contributed by atoms with Gasteiger partial charge < -0.3 is 8.85 Å². The molecule has 0 bridgehead atoms. The Labute approximate surface area is 258 Å². The van der Waals surface area contributed by atoms with Crippen LogP contribution in [0.2, 0.25) is 0 Å². The van der Waals surface area contributed by atoms with Crippen molar-refractivity contribution in [3.8, 4) is 23.7 Å². The van der Waals surface area contributed by atoms with Gasteiger partial charge in [-0.3, -0.25) is 0 Å². The third-order valence-corrected chi connectivity index (χ3v) is 9.60. The number of hydrogen-bond donors (Lipinski definition) is 0. The molecule has 3 aromatic carbocycles. The van der Waals surface area contributed by atoms with E-state index in [2.05, 4.69) is 98.5 Å². The molecular weight excluding hydrogens is 545 g/mol. The van der Waals surface area contributed by atoms with Crippen molar-refractivity contribution in [2.45, 2.75) is 50.7 Å². The zero-order valence-corrected chi connectivity index (χ0v) is 27.5. The standard InChI is InChI=1S/C38H42O2Si2/c1-5-9-13-35(11-7-3)39-41-37-27-23-33(24-28-37)21-19-31-15-17-32(18-16-31)20-22-34-25-29-38(30-26-34)42-40-36(12-8-4)14-10-6-2/h5-8,15-18,23-30,35-36H,1-4,9-14,41-42H2. The van der Waals surface area contributed by atoms with Crippen LogP contribution in [0.1, 0.15) is 60.8 Å². The average Bonchev–Trinajstić information content (AvgIpc) is 3.03. The summed E-state index contributed by atoms with van der Waals surface area (Å²) in [5, 5.41) is 2.55. The highest BCUT2D eigenvalue weighted by Gasteiger charge is 2.08. The summed E-state index contributed by atoms with van der Waals surface area (Å²) in [7, 11) is -1.56. The van der Waals surface area contributed by atoms with Crippen molar-refractivity contribution in [3.05, 3.63) is 146 Å². The van der Waals surface area contributed by atoms with Crippen LogP contribution >= 0.6 is 0 Å². The van der Waals surface area contributed by atoms with Gasteiger partial charge in [-0.1, -0.05) is 72.3 Å². The van der Waals surface area contributed by atoms with E-state index in [-0.39, 0.29) is 12.2 Å². The summed E-state index contributed by atoms with van der Waals surface area (Å²) in [5.74, 6) is 13.1. The van der Waals surface area contributed by atoms with E-state index in [0.717, 1.165) is 60.8 Å². The molecule has 0 aliphatic rings. The molecule has 3 aromatic rings. The van der Waals surface area contributed by atoms with Crippen LogP contribution in [0.25, 0.3) is 0 Å². The van der Waals surface area contributed by atoms with E-state index in [4.69, 9.17) is 8.85 Å². The summed E-state index contributed by atoms with van der Waals surface area (Å²) in [5.41, 5.74) is 3.93. The van der Waals surface area contributed by atoms with E-state index in [1.165, 1.54) is 10.4 Å². The predicted octanol–water partition coefficient (Wildman–Crippen LogP) is 5.76. The van der Waals surface area contributed by atoms with Crippen LogP contribution in [0.4, 0.5) is 0 Å². The highest BCUT2D eigenvalue weighted by atomic mass is 28.2. The normalized spacial score (nSPS) is 12.2. The van der Waals surface area contributed by atoms with E-state index in [1.807, 2.05) is 48.6 Å². The molecule has 0 spiro atoms. The molecule has 0 fully saturated rings. The van der Waals surface area contributed by atoms with E-state index in [0.29, 0.717) is 0 Å². The fraction of sp³-hybridized carbons (Fsp3) is 0.211. The first-order valence-corrected chi connectivity index (χ1v) is 17.2. The number of allylic oxidation sites excluding steroid dienone is 2. The Bertz CT molecular complexity index is 1290. The minimum absolute atomic E-state index is 0.236. The first kappa shape index (κ1) is 32.6. The summed E-state index contributed by atoms with van der Waals surface area (Å²) in [6.45, 7) is 15.3. The highest BCUT2D eigenvalue weighted by Crippen LogP contribution is 2.09. The van der Waals surface area contributed by atoms with Gasteiger partial charge in [0.15, 0.2) is 19.5 Å². The van der Waals surface area contributed by atoms with Crippen molar-refractivity contribution >= 4 is 29.9 Å². The molecule has 2 atom stereocenters. The molecule has 0 aliphatic carbocycles. The third kappa shape index (κ3) is 12.3. The average molecular weight is 587 g/mol. The van der Waals surface area contributed by atoms with Crippen LogP contribution in [0.15, 0.2) is 123 Å². The Morgan fingerprint density at radius 1 is 0.500 bits per heavy atom. The summed E-state index contributed by atoms with van der Waals surface area (Å²) in [4.78, 5) is 0. The minimum atomic E-state index is -0.782. The Balaban J connectivity index is 1.50. The Morgan fingerprint density at radius 3 is 1.10 bits per heavy atom. The topological polar surface area (TPSA) is 18.5 Å². The van der Waals surface area contributed by atoms with Gasteiger partial charge in [0, 0.05) is 34.5 Å². The smallest absolute Gasteiger partial charge is 0.192 e. The molecule has 214 valence electrons. The molecule has 2 nitrogen and oxygen atoms in total. The van der Waals surface area contributed by atoms with Crippen molar-refractivity contribution in [1.29, 1.82) is 0 Å². The molecule has 42 heavy (non-hydrogen) atoms. The predicted molar refractivity (Wildman–Crippen MR) is 186 cm³/mol. The van der Waals surface area contributed by atoms with Gasteiger partial charge in [-0.05, 0) is 97.4 Å². The lowest BCUT2D eigenvalue weighted by Crippen LogP contribution is -2.23. The second kappa shape index (κ2) is 19.3. The summed E-state index contributed by atoms with van der Waals surface area (Å²) < 4.78 is 12.4. The quantitative estimate of drug-likeness (QED) is 0.121. The molecule has 2 unspecified atom stereocenters. The first-order valence-electron chi connectivity index (χ1n) is 14.6. The van der Waals surface area contributed by atoms with Crippen LogP contribution in [0, 0.1) is 23.7 Å². The Hall–Kier alpha value is -3.91. The van der Waals surface area contributed by atoms with E-state index >= 15 is 0 Å². The van der Waals surface area contributed by atoms with E-state index in [9.17, 15) is 0 Å². The lowest BCUT2D eigenvalue weighted by Gasteiger charge is -2.15. The van der Waals surface area contributed by atoms with Gasteiger partial charge in [-0.25, -0.2) is 0 Å². The SMILES string of the molecule is C=CCCC(CC=C)O[SiH2]c1ccc(C#Cc2ccc(C#Cc3ccc([SiH2]OC(CC=C)CCC=C)cc3)cc2)cc1. The maximum absolute atomic E-state index is 6.20. The number of benzene rings is 3. The Kier molecular flexibility index (Phi) is 15.0. The first-order chi connectivity index (χ1) is 20.6. The fourth-order valence-corrected chi connectivity index (χ4v) is 6.56. The van der Waals surface area contributed by atoms with Crippen molar-refractivity contribution < 1.29 is 8.85 Å². The van der Waals surface area contributed by atoms with Crippen molar-refractivity contribution in [2.75, 3.05) is 0 Å². The van der Waals surface area contributed by atoms with Crippen LogP contribution in [-0.4, -0.2) is 31.7 Å². The molecular formula is C38H42O2Si2. The van der Waals surface area contributed by atoms with Gasteiger partial charge in [0.05, 0.1) is 0 Å². The highest BCUT2D eigenvalue weighted by molar-refractivity contribution is 6.47. The third-order valence-electron chi connectivity index (χ3n) is 6.71. The molecule has 0 saturated heterocycles. The zero-order chi connectivity index (χ0) is 29.8. The van der Waals surface area contributed by atoms with Crippen LogP contribution in [-0.2, 0) is 8.85 Å². The second-order valence-electron chi connectivity index (χ2n) is 10.1. The lowest BCUT2D eigenvalue weighted by molar-refractivity contribution is 0.209. The van der Waals surface area contributed by atoms with Crippen molar-refractivity contribution in [2.24, 2.45) is 0 Å². The largest absolute Gasteiger partial charge is 0.415 e. The summed E-state index contributed by atoms with van der Waals surface area (Å²) >= 11 is 0. The molecule has 3 rings (SSSR count). The molecule has 0 aromatic heterocycles. The molecule has 0 aliphatic heterocycles. The molecule has 0 radical (unpaired) electrons. The second-order valence-corrected chi connectivity index (χ2v) is 13.0. The number of rotatable bonds is 16. The van der Waals surface area contributed by atoms with Gasteiger partial charge in [0.25, 0.3) is 0 Å². The van der Waals surface area contributed by atoms with Gasteiger partial charge >= 0.3 is 0 Å². The van der Waals surface area contributed by atoms with Gasteiger partial charge in [-0.2, -0.15) is 0 Å². The van der Waals surface area contributed by atoms with Crippen molar-refractivity contribution in [3.63, 3.8) is 0 Å². The maximum atomic E-state index is 6.20. The van der Waals surface area contributed by atoms with Gasteiger partial charge in [-0.15, -0.1) is 26.3 Å². The van der Waals surface area contributed by atoms with Gasteiger partial charge in [0.2, 0.25) is 0 Å². The van der Waals surface area contributed by atoms with Gasteiger partial charge in [0.1, 0.15) is 0 Å². The molecule has 0 heterocycles. The summed E-state index contributed by atoms with van der Waals surface area (Å²) in [6.07, 6.45) is 13.9. The molecule has 0 saturated carbocycles. The van der Waals surface area contributed by atoms with E-state index < -0.39 is 19.5 Å².